The van der Waals surface area contributed by atoms with Crippen LogP contribution in [-0.4, -0.2) is 16.2 Å². The van der Waals surface area contributed by atoms with Crippen LogP contribution in [0.1, 0.15) is 11.1 Å². The van der Waals surface area contributed by atoms with Gasteiger partial charge in [0.25, 0.3) is 0 Å². The van der Waals surface area contributed by atoms with Gasteiger partial charge in [0, 0.05) is 10.0 Å². The molecule has 3 aromatic carbocycles. The largest absolute Gasteiger partial charge is 0.491 e. The van der Waals surface area contributed by atoms with Crippen LogP contribution in [0.5, 0.6) is 5.75 Å². The van der Waals surface area contributed by atoms with Crippen molar-refractivity contribution in [2.75, 3.05) is 6.61 Å². The van der Waals surface area contributed by atoms with Gasteiger partial charge in [-0.1, -0.05) is 57.9 Å². The molecular weight excluding hydrogens is 400 g/mol. The molecule has 0 aliphatic rings. The number of halogens is 1. The van der Waals surface area contributed by atoms with E-state index in [1.165, 1.54) is 11.1 Å². The Morgan fingerprint density at radius 3 is 2.52 bits per heavy atom. The van der Waals surface area contributed by atoms with Crippen molar-refractivity contribution >= 4 is 27.0 Å². The first-order valence-corrected chi connectivity index (χ1v) is 9.82. The fourth-order valence-electron chi connectivity index (χ4n) is 3.33. The number of benzene rings is 3. The number of rotatable bonds is 5. The summed E-state index contributed by atoms with van der Waals surface area (Å²) in [6.07, 6.45) is 0. The molecule has 1 heterocycles. The summed E-state index contributed by atoms with van der Waals surface area (Å²) in [5.41, 5.74) is 5.64. The van der Waals surface area contributed by atoms with Gasteiger partial charge in [-0.3, -0.25) is 0 Å². The highest BCUT2D eigenvalue weighted by Gasteiger charge is 2.12. The van der Waals surface area contributed by atoms with Crippen molar-refractivity contribution in [3.63, 3.8) is 0 Å². The lowest BCUT2D eigenvalue weighted by Crippen LogP contribution is -2.10. The van der Waals surface area contributed by atoms with Crippen LogP contribution in [-0.2, 0) is 6.54 Å². The molecule has 4 rings (SSSR count). The van der Waals surface area contributed by atoms with Crippen molar-refractivity contribution in [2.24, 2.45) is 0 Å². The maximum atomic E-state index is 6.07. The van der Waals surface area contributed by atoms with Crippen molar-refractivity contribution in [3.8, 4) is 17.1 Å². The fraction of sp³-hybridized carbons (Fsp3) is 0.174. The van der Waals surface area contributed by atoms with E-state index in [9.17, 15) is 0 Å². The van der Waals surface area contributed by atoms with Crippen LogP contribution in [0.25, 0.3) is 22.4 Å². The number of aromatic nitrogens is 2. The average molecular weight is 421 g/mol. The van der Waals surface area contributed by atoms with Gasteiger partial charge in [0.2, 0.25) is 0 Å². The van der Waals surface area contributed by atoms with Crippen molar-refractivity contribution < 1.29 is 4.74 Å². The molecule has 0 aliphatic carbocycles. The molecule has 0 unspecified atom stereocenters. The lowest BCUT2D eigenvalue weighted by Gasteiger charge is -2.13. The third-order valence-corrected chi connectivity index (χ3v) is 5.19. The van der Waals surface area contributed by atoms with Crippen LogP contribution in [0.15, 0.2) is 71.2 Å². The zero-order valence-corrected chi connectivity index (χ0v) is 17.0. The van der Waals surface area contributed by atoms with Crippen LogP contribution in [0.3, 0.4) is 0 Å². The van der Waals surface area contributed by atoms with Crippen molar-refractivity contribution in [1.82, 2.24) is 9.55 Å². The molecule has 0 N–H and O–H groups in total. The molecule has 27 heavy (non-hydrogen) atoms. The second-order valence-electron chi connectivity index (χ2n) is 6.70. The molecule has 0 atom stereocenters. The topological polar surface area (TPSA) is 27.1 Å². The van der Waals surface area contributed by atoms with Gasteiger partial charge in [0.1, 0.15) is 18.2 Å². The van der Waals surface area contributed by atoms with Gasteiger partial charge in [0.05, 0.1) is 17.6 Å². The van der Waals surface area contributed by atoms with E-state index >= 15 is 0 Å². The number of hydrogen-bond donors (Lipinski definition) is 0. The Balaban J connectivity index is 1.63. The number of hydrogen-bond acceptors (Lipinski definition) is 2. The standard InChI is InChI=1S/C23H21BrN2O/c1-16-7-12-22(17(2)15-16)27-14-13-26-21-6-4-3-5-20(21)25-23(26)18-8-10-19(24)11-9-18/h3-12,15H,13-14H2,1-2H3. The van der Waals surface area contributed by atoms with E-state index in [4.69, 9.17) is 9.72 Å². The number of para-hydroxylation sites is 2. The second-order valence-corrected chi connectivity index (χ2v) is 7.62. The molecule has 136 valence electrons. The molecule has 0 spiro atoms. The lowest BCUT2D eigenvalue weighted by molar-refractivity contribution is 0.299. The first-order valence-electron chi connectivity index (χ1n) is 9.03. The Morgan fingerprint density at radius 1 is 0.963 bits per heavy atom. The molecule has 4 heteroatoms. The summed E-state index contributed by atoms with van der Waals surface area (Å²) < 4.78 is 9.37. The molecule has 0 saturated heterocycles. The van der Waals surface area contributed by atoms with E-state index in [1.807, 2.05) is 24.3 Å². The molecule has 1 aromatic heterocycles. The van der Waals surface area contributed by atoms with Crippen LogP contribution in [0.2, 0.25) is 0 Å². The molecule has 0 aliphatic heterocycles. The summed E-state index contributed by atoms with van der Waals surface area (Å²) in [5, 5.41) is 0. The van der Waals surface area contributed by atoms with Crippen LogP contribution in [0.4, 0.5) is 0 Å². The van der Waals surface area contributed by atoms with Gasteiger partial charge < -0.3 is 9.30 Å². The highest BCUT2D eigenvalue weighted by molar-refractivity contribution is 9.10. The van der Waals surface area contributed by atoms with E-state index in [0.717, 1.165) is 39.2 Å². The maximum Gasteiger partial charge on any atom is 0.141 e. The average Bonchev–Trinajstić information content (AvgIpc) is 3.03. The molecule has 0 amide bonds. The van der Waals surface area contributed by atoms with Crippen LogP contribution in [0, 0.1) is 13.8 Å². The second kappa shape index (κ2) is 7.57. The highest BCUT2D eigenvalue weighted by atomic mass is 79.9. The van der Waals surface area contributed by atoms with Crippen LogP contribution < -0.4 is 4.74 Å². The Bertz CT molecular complexity index is 1080. The van der Waals surface area contributed by atoms with Crippen LogP contribution >= 0.6 is 15.9 Å². The molecule has 4 aromatic rings. The normalized spacial score (nSPS) is 11.1. The first-order chi connectivity index (χ1) is 13.1. The Morgan fingerprint density at radius 2 is 1.74 bits per heavy atom. The number of aryl methyl sites for hydroxylation is 2. The Kier molecular flexibility index (Phi) is 4.99. The zero-order valence-electron chi connectivity index (χ0n) is 15.4. The smallest absolute Gasteiger partial charge is 0.141 e. The predicted octanol–water partition coefficient (Wildman–Crippen LogP) is 6.16. The zero-order chi connectivity index (χ0) is 18.8. The summed E-state index contributed by atoms with van der Waals surface area (Å²) in [4.78, 5) is 4.86. The van der Waals surface area contributed by atoms with Gasteiger partial charge in [0.15, 0.2) is 0 Å². The van der Waals surface area contributed by atoms with E-state index < -0.39 is 0 Å². The molecule has 0 bridgehead atoms. The molecular formula is C23H21BrN2O. The lowest BCUT2D eigenvalue weighted by atomic mass is 10.1. The van der Waals surface area contributed by atoms with Crippen molar-refractivity contribution in [2.45, 2.75) is 20.4 Å². The molecule has 0 fully saturated rings. The Labute approximate surface area is 167 Å². The molecule has 0 saturated carbocycles. The minimum atomic E-state index is 0.591. The third-order valence-electron chi connectivity index (χ3n) is 4.66. The van der Waals surface area contributed by atoms with Gasteiger partial charge in [-0.2, -0.15) is 0 Å². The quantitative estimate of drug-likeness (QED) is 0.386. The van der Waals surface area contributed by atoms with E-state index in [1.54, 1.807) is 0 Å². The minimum Gasteiger partial charge on any atom is -0.491 e. The van der Waals surface area contributed by atoms with Crippen molar-refractivity contribution in [3.05, 3.63) is 82.3 Å². The number of ether oxygens (including phenoxy) is 1. The van der Waals surface area contributed by atoms with Gasteiger partial charge in [-0.15, -0.1) is 0 Å². The number of fused-ring (bicyclic) bond motifs is 1. The number of nitrogens with zero attached hydrogens (tertiary/aromatic N) is 2. The van der Waals surface area contributed by atoms with E-state index in [0.29, 0.717) is 6.61 Å². The summed E-state index contributed by atoms with van der Waals surface area (Å²) in [6, 6.07) is 22.8. The maximum absolute atomic E-state index is 6.07. The SMILES string of the molecule is Cc1ccc(OCCn2c(-c3ccc(Br)cc3)nc3ccccc32)c(C)c1. The van der Waals surface area contributed by atoms with E-state index in [-0.39, 0.29) is 0 Å². The molecule has 3 nitrogen and oxygen atoms in total. The van der Waals surface area contributed by atoms with Gasteiger partial charge in [-0.25, -0.2) is 4.98 Å². The van der Waals surface area contributed by atoms with E-state index in [2.05, 4.69) is 76.8 Å². The van der Waals surface area contributed by atoms with Gasteiger partial charge in [-0.05, 0) is 49.7 Å². The first kappa shape index (κ1) is 17.8. The number of imidazole rings is 1. The fourth-order valence-corrected chi connectivity index (χ4v) is 3.59. The third kappa shape index (κ3) is 3.76. The van der Waals surface area contributed by atoms with Crippen molar-refractivity contribution in [1.29, 1.82) is 0 Å². The summed E-state index contributed by atoms with van der Waals surface area (Å²) in [6.45, 7) is 5.51. The highest BCUT2D eigenvalue weighted by Crippen LogP contribution is 2.26. The summed E-state index contributed by atoms with van der Waals surface area (Å²) in [5.74, 6) is 1.91. The molecule has 0 radical (unpaired) electrons. The summed E-state index contributed by atoms with van der Waals surface area (Å²) >= 11 is 3.50. The minimum absolute atomic E-state index is 0.591. The monoisotopic (exact) mass is 420 g/mol. The van der Waals surface area contributed by atoms with Gasteiger partial charge >= 0.3 is 0 Å². The Hall–Kier alpha value is -2.59. The summed E-state index contributed by atoms with van der Waals surface area (Å²) in [7, 11) is 0. The predicted molar refractivity (Wildman–Crippen MR) is 114 cm³/mol.